The summed E-state index contributed by atoms with van der Waals surface area (Å²) in [6.07, 6.45) is 0. The van der Waals surface area contributed by atoms with Crippen LogP contribution in [0, 0.1) is 58.2 Å². The lowest BCUT2D eigenvalue weighted by atomic mass is 10.2. The van der Waals surface area contributed by atoms with Crippen molar-refractivity contribution < 1.29 is 53.5 Å². The van der Waals surface area contributed by atoms with Crippen LogP contribution in [0.2, 0.25) is 0 Å². The lowest BCUT2D eigenvalue weighted by molar-refractivity contribution is 0.218. The molecule has 0 spiro atoms. The highest BCUT2D eigenvalue weighted by Crippen LogP contribution is 2.40. The first kappa shape index (κ1) is 34.3. The molecule has 0 saturated heterocycles. The molecule has 44 heavy (non-hydrogen) atoms. The Bertz CT molecular complexity index is 1530. The Kier molecular flexibility index (Phi) is 11.3. The Morgan fingerprint density at radius 2 is 0.727 bits per heavy atom. The normalized spacial score (nSPS) is 10.6. The van der Waals surface area contributed by atoms with Gasteiger partial charge in [0.2, 0.25) is 11.6 Å². The fraction of sp³-hybridized carbons (Fsp3) is 0.0714. The molecule has 4 aromatic carbocycles. The molecule has 0 bridgehead atoms. The molecule has 4 aromatic rings. The van der Waals surface area contributed by atoms with Gasteiger partial charge < -0.3 is 4.90 Å². The van der Waals surface area contributed by atoms with E-state index in [0.717, 1.165) is 11.1 Å². The monoisotopic (exact) mass is 666 g/mol. The number of amides is 2. The van der Waals surface area contributed by atoms with Gasteiger partial charge in [-0.3, -0.25) is 14.5 Å². The van der Waals surface area contributed by atoms with Crippen molar-refractivity contribution in [2.45, 2.75) is 13.1 Å². The summed E-state index contributed by atoms with van der Waals surface area (Å²) in [5, 5.41) is -2.32. The van der Waals surface area contributed by atoms with Crippen LogP contribution in [0.1, 0.15) is 11.1 Å². The standard InChI is InChI=1S/C15H15NOS.C13HF10NOS/c17-15(18)16(11-13-7-3-1-4-8-13)12-14-9-5-2-6-10-14;14-1-3(16)7(20)11(8(21)4(1)17)24(13(25)26)12-9(22)5(18)2(15)6(19)10(12)23/h1-10H,11-12H2,(H,17,18);(H,25,26). The minimum atomic E-state index is -2.72. The summed E-state index contributed by atoms with van der Waals surface area (Å²) in [7, 11) is 0. The van der Waals surface area contributed by atoms with Crippen molar-refractivity contribution in [3.05, 3.63) is 130 Å². The Balaban J connectivity index is 0.000000257. The van der Waals surface area contributed by atoms with Gasteiger partial charge in [0.25, 0.3) is 10.5 Å². The second kappa shape index (κ2) is 14.5. The van der Waals surface area contributed by atoms with Crippen LogP contribution in [0.4, 0.5) is 64.9 Å². The third kappa shape index (κ3) is 7.30. The predicted octanol–water partition coefficient (Wildman–Crippen LogP) is 9.00. The van der Waals surface area contributed by atoms with Gasteiger partial charge in [-0.1, -0.05) is 85.9 Å². The number of carbonyl (C=O) groups excluding carboxylic acids is 2. The quantitative estimate of drug-likeness (QED) is 0.0934. The molecular weight excluding hydrogens is 650 g/mol. The zero-order valence-electron chi connectivity index (χ0n) is 21.6. The van der Waals surface area contributed by atoms with Gasteiger partial charge in [0.05, 0.1) is 0 Å². The van der Waals surface area contributed by atoms with Crippen LogP contribution in [0.15, 0.2) is 60.7 Å². The minimum Gasteiger partial charge on any atom is -0.325 e. The molecule has 0 heterocycles. The van der Waals surface area contributed by atoms with Gasteiger partial charge in [-0.05, 0) is 11.1 Å². The summed E-state index contributed by atoms with van der Waals surface area (Å²) < 4.78 is 134. The Morgan fingerprint density at radius 1 is 0.455 bits per heavy atom. The SMILES string of the molecule is O=C(S)N(Cc1ccccc1)Cc1ccccc1.O=C(S)N(c1c(F)c(F)c(F)c(F)c1F)c1c(F)c(F)c(F)c(F)c1F. The maximum Gasteiger partial charge on any atom is 0.287 e. The van der Waals surface area contributed by atoms with E-state index >= 15 is 0 Å². The first-order valence-corrected chi connectivity index (χ1v) is 12.7. The number of nitrogens with zero attached hydrogens (tertiary/aromatic N) is 2. The largest absolute Gasteiger partial charge is 0.325 e. The molecule has 2 amide bonds. The fourth-order valence-electron chi connectivity index (χ4n) is 3.68. The average molecular weight is 667 g/mol. The molecule has 0 aliphatic rings. The van der Waals surface area contributed by atoms with Gasteiger partial charge in [0, 0.05) is 13.1 Å². The number of hydrogen-bond acceptors (Lipinski definition) is 2. The minimum absolute atomic E-state index is 0.206. The summed E-state index contributed by atoms with van der Waals surface area (Å²) in [5.74, 6) is -27.0. The molecular formula is C28H16F10N2O2S2. The smallest absolute Gasteiger partial charge is 0.287 e. The van der Waals surface area contributed by atoms with Crippen LogP contribution in [-0.4, -0.2) is 15.4 Å². The summed E-state index contributed by atoms with van der Waals surface area (Å²) in [5.41, 5.74) is -2.36. The van der Waals surface area contributed by atoms with Crippen molar-refractivity contribution in [3.8, 4) is 0 Å². The number of rotatable bonds is 6. The molecule has 0 unspecified atom stereocenters. The molecule has 0 saturated carbocycles. The zero-order chi connectivity index (χ0) is 32.9. The first-order chi connectivity index (χ1) is 20.7. The van der Waals surface area contributed by atoms with Crippen molar-refractivity contribution in [2.75, 3.05) is 4.90 Å². The van der Waals surface area contributed by atoms with E-state index in [9.17, 15) is 53.5 Å². The lowest BCUT2D eigenvalue weighted by Gasteiger charge is -2.23. The predicted molar refractivity (Wildman–Crippen MR) is 145 cm³/mol. The number of anilines is 2. The van der Waals surface area contributed by atoms with E-state index in [-0.39, 0.29) is 5.24 Å². The number of halogens is 10. The Hall–Kier alpha value is -4.18. The third-order valence-corrected chi connectivity index (χ3v) is 6.20. The van der Waals surface area contributed by atoms with E-state index in [4.69, 9.17) is 0 Å². The van der Waals surface area contributed by atoms with E-state index in [0.29, 0.717) is 13.1 Å². The molecule has 0 aromatic heterocycles. The van der Waals surface area contributed by atoms with Gasteiger partial charge in [-0.2, -0.15) is 0 Å². The van der Waals surface area contributed by atoms with E-state index < -0.39 is 79.7 Å². The highest BCUT2D eigenvalue weighted by Gasteiger charge is 2.37. The van der Waals surface area contributed by atoms with Crippen molar-refractivity contribution in [3.63, 3.8) is 0 Å². The molecule has 0 aliphatic carbocycles. The maximum atomic E-state index is 13.8. The van der Waals surface area contributed by atoms with E-state index in [1.807, 2.05) is 60.7 Å². The highest BCUT2D eigenvalue weighted by molar-refractivity contribution is 7.97. The van der Waals surface area contributed by atoms with Gasteiger partial charge >= 0.3 is 0 Å². The molecule has 0 radical (unpaired) electrons. The molecule has 4 nitrogen and oxygen atoms in total. The summed E-state index contributed by atoms with van der Waals surface area (Å²) in [6.45, 7) is 1.16. The number of thiol groups is 2. The lowest BCUT2D eigenvalue weighted by Crippen LogP contribution is -2.27. The van der Waals surface area contributed by atoms with E-state index in [1.165, 1.54) is 0 Å². The molecule has 0 fully saturated rings. The van der Waals surface area contributed by atoms with E-state index in [1.54, 1.807) is 4.90 Å². The molecule has 0 N–H and O–H groups in total. The Labute approximate surface area is 253 Å². The molecule has 4 rings (SSSR count). The molecule has 0 atom stereocenters. The van der Waals surface area contributed by atoms with Crippen molar-refractivity contribution >= 4 is 47.1 Å². The molecule has 0 aliphatic heterocycles. The van der Waals surface area contributed by atoms with Gasteiger partial charge in [-0.15, -0.1) is 0 Å². The van der Waals surface area contributed by atoms with Gasteiger partial charge in [0.1, 0.15) is 11.4 Å². The summed E-state index contributed by atoms with van der Waals surface area (Å²) in [4.78, 5) is 23.7. The Morgan fingerprint density at radius 3 is 0.977 bits per heavy atom. The van der Waals surface area contributed by atoms with Crippen molar-refractivity contribution in [1.29, 1.82) is 0 Å². The zero-order valence-corrected chi connectivity index (χ0v) is 23.4. The molecule has 16 heteroatoms. The first-order valence-electron chi connectivity index (χ1n) is 11.8. The van der Waals surface area contributed by atoms with Crippen LogP contribution in [-0.2, 0) is 13.1 Å². The van der Waals surface area contributed by atoms with E-state index in [2.05, 4.69) is 25.3 Å². The number of hydrogen-bond donors (Lipinski definition) is 2. The van der Waals surface area contributed by atoms with Crippen LogP contribution in [0.5, 0.6) is 0 Å². The van der Waals surface area contributed by atoms with Crippen LogP contribution >= 0.6 is 25.3 Å². The fourth-order valence-corrected chi connectivity index (χ4v) is 4.02. The second-order valence-electron chi connectivity index (χ2n) is 8.56. The van der Waals surface area contributed by atoms with Crippen LogP contribution in [0.25, 0.3) is 0 Å². The van der Waals surface area contributed by atoms with Crippen molar-refractivity contribution in [2.24, 2.45) is 0 Å². The van der Waals surface area contributed by atoms with Crippen LogP contribution < -0.4 is 4.90 Å². The third-order valence-electron chi connectivity index (χ3n) is 5.71. The highest BCUT2D eigenvalue weighted by atomic mass is 32.1. The molecule has 232 valence electrons. The van der Waals surface area contributed by atoms with Gasteiger partial charge in [0.15, 0.2) is 46.5 Å². The summed E-state index contributed by atoms with van der Waals surface area (Å²) >= 11 is 6.88. The van der Waals surface area contributed by atoms with Gasteiger partial charge in [-0.25, -0.2) is 43.9 Å². The number of carbonyl (C=O) groups is 2. The van der Waals surface area contributed by atoms with Crippen LogP contribution in [0.3, 0.4) is 0 Å². The average Bonchev–Trinajstić information content (AvgIpc) is 3.01. The number of benzene rings is 4. The second-order valence-corrected chi connectivity index (χ2v) is 9.33. The maximum absolute atomic E-state index is 13.8. The topological polar surface area (TPSA) is 40.6 Å². The summed E-state index contributed by atoms with van der Waals surface area (Å²) in [6, 6.07) is 19.9. The van der Waals surface area contributed by atoms with Crippen molar-refractivity contribution in [1.82, 2.24) is 4.90 Å².